The van der Waals surface area contributed by atoms with Crippen LogP contribution in [0.25, 0.3) is 0 Å². The van der Waals surface area contributed by atoms with Crippen molar-refractivity contribution in [3.05, 3.63) is 76.5 Å². The second-order valence-electron chi connectivity index (χ2n) is 5.44. The van der Waals surface area contributed by atoms with Crippen molar-refractivity contribution in [1.82, 2.24) is 14.8 Å². The number of hydrogen-bond acceptors (Lipinski definition) is 3. The van der Waals surface area contributed by atoms with Crippen LogP contribution in [0.15, 0.2) is 65.4 Å². The lowest BCUT2D eigenvalue weighted by molar-refractivity contribution is 0.431. The number of aromatic nitrogens is 3. The first-order valence-corrected chi connectivity index (χ1v) is 8.07. The van der Waals surface area contributed by atoms with E-state index in [0.717, 1.165) is 16.8 Å². The molecule has 0 saturated heterocycles. The van der Waals surface area contributed by atoms with Crippen molar-refractivity contribution >= 4 is 21.9 Å². The molecule has 110 valence electrons. The number of nitrogens with one attached hydrogen (secondary N) is 1. The molecular weight excluding hydrogens is 340 g/mol. The quantitative estimate of drug-likeness (QED) is 0.750. The Hall–Kier alpha value is -2.14. The zero-order valence-electron chi connectivity index (χ0n) is 11.9. The third-order valence-corrected chi connectivity index (χ3v) is 4.62. The molecule has 0 amide bonds. The second kappa shape index (κ2) is 5.57. The number of benzene rings is 2. The van der Waals surface area contributed by atoms with Gasteiger partial charge in [-0.3, -0.25) is 0 Å². The number of rotatable bonds is 2. The Morgan fingerprint density at radius 3 is 2.55 bits per heavy atom. The van der Waals surface area contributed by atoms with Crippen LogP contribution in [0.3, 0.4) is 0 Å². The Balaban J connectivity index is 1.72. The van der Waals surface area contributed by atoms with Crippen molar-refractivity contribution in [3.63, 3.8) is 0 Å². The SMILES string of the molecule is Brc1ccc(C2CC(c3ccccc3)n3ncnc3N2)cc1. The molecule has 5 heteroatoms. The van der Waals surface area contributed by atoms with E-state index in [-0.39, 0.29) is 12.1 Å². The zero-order valence-corrected chi connectivity index (χ0v) is 13.4. The lowest BCUT2D eigenvalue weighted by Gasteiger charge is -2.31. The van der Waals surface area contributed by atoms with Gasteiger partial charge >= 0.3 is 0 Å². The highest BCUT2D eigenvalue weighted by atomic mass is 79.9. The maximum Gasteiger partial charge on any atom is 0.222 e. The molecule has 0 saturated carbocycles. The van der Waals surface area contributed by atoms with Gasteiger partial charge in [0.15, 0.2) is 0 Å². The standard InChI is InChI=1S/C17H15BrN4/c18-14-8-6-12(7-9-14)15-10-16(13-4-2-1-3-5-13)22-17(21-15)19-11-20-22/h1-9,11,15-16H,10H2,(H,19,20,21). The molecule has 0 aliphatic carbocycles. The van der Waals surface area contributed by atoms with E-state index in [4.69, 9.17) is 0 Å². The van der Waals surface area contributed by atoms with Crippen molar-refractivity contribution < 1.29 is 0 Å². The van der Waals surface area contributed by atoms with E-state index in [9.17, 15) is 0 Å². The maximum absolute atomic E-state index is 4.39. The van der Waals surface area contributed by atoms with Gasteiger partial charge in [-0.25, -0.2) is 4.68 Å². The maximum atomic E-state index is 4.39. The molecule has 2 aromatic carbocycles. The van der Waals surface area contributed by atoms with Crippen molar-refractivity contribution in [2.45, 2.75) is 18.5 Å². The molecule has 2 heterocycles. The summed E-state index contributed by atoms with van der Waals surface area (Å²) in [6, 6.07) is 19.4. The number of fused-ring (bicyclic) bond motifs is 1. The number of nitrogens with zero attached hydrogens (tertiary/aromatic N) is 3. The molecule has 0 bridgehead atoms. The lowest BCUT2D eigenvalue weighted by Crippen LogP contribution is -2.28. The molecule has 1 aliphatic heterocycles. The zero-order chi connectivity index (χ0) is 14.9. The van der Waals surface area contributed by atoms with Crippen molar-refractivity contribution in [3.8, 4) is 0 Å². The Morgan fingerprint density at radius 2 is 1.77 bits per heavy atom. The number of halogens is 1. The highest BCUT2D eigenvalue weighted by Gasteiger charge is 2.29. The monoisotopic (exact) mass is 354 g/mol. The van der Waals surface area contributed by atoms with Crippen LogP contribution in [0.5, 0.6) is 0 Å². The van der Waals surface area contributed by atoms with Crippen LogP contribution < -0.4 is 5.32 Å². The van der Waals surface area contributed by atoms with Crippen molar-refractivity contribution in [1.29, 1.82) is 0 Å². The Morgan fingerprint density at radius 1 is 1.00 bits per heavy atom. The summed E-state index contributed by atoms with van der Waals surface area (Å²) in [5, 5.41) is 7.88. The fraction of sp³-hybridized carbons (Fsp3) is 0.176. The lowest BCUT2D eigenvalue weighted by atomic mass is 9.93. The number of anilines is 1. The smallest absolute Gasteiger partial charge is 0.222 e. The fourth-order valence-corrected chi connectivity index (χ4v) is 3.25. The molecule has 0 spiro atoms. The molecule has 0 radical (unpaired) electrons. The summed E-state index contributed by atoms with van der Waals surface area (Å²) in [6.45, 7) is 0. The van der Waals surface area contributed by atoms with Gasteiger partial charge in [-0.15, -0.1) is 0 Å². The van der Waals surface area contributed by atoms with Crippen LogP contribution in [0.1, 0.15) is 29.6 Å². The topological polar surface area (TPSA) is 42.7 Å². The predicted molar refractivity (Wildman–Crippen MR) is 89.7 cm³/mol. The van der Waals surface area contributed by atoms with Crippen LogP contribution in [0.2, 0.25) is 0 Å². The summed E-state index contributed by atoms with van der Waals surface area (Å²) in [5.41, 5.74) is 2.52. The minimum atomic E-state index is 0.202. The molecule has 4 rings (SSSR count). The molecule has 1 aromatic heterocycles. The van der Waals surface area contributed by atoms with Crippen LogP contribution in [0.4, 0.5) is 5.95 Å². The fourth-order valence-electron chi connectivity index (χ4n) is 2.99. The van der Waals surface area contributed by atoms with Gasteiger partial charge in [0.05, 0.1) is 12.1 Å². The Labute approximate surface area is 137 Å². The van der Waals surface area contributed by atoms with Crippen LogP contribution in [0, 0.1) is 0 Å². The summed E-state index contributed by atoms with van der Waals surface area (Å²) >= 11 is 3.49. The molecule has 3 aromatic rings. The molecule has 1 aliphatic rings. The van der Waals surface area contributed by atoms with Crippen LogP contribution in [-0.2, 0) is 0 Å². The largest absolute Gasteiger partial charge is 0.348 e. The first-order chi connectivity index (χ1) is 10.8. The first-order valence-electron chi connectivity index (χ1n) is 7.28. The predicted octanol–water partition coefficient (Wildman–Crippen LogP) is 4.19. The second-order valence-corrected chi connectivity index (χ2v) is 6.35. The average molecular weight is 355 g/mol. The summed E-state index contributed by atoms with van der Waals surface area (Å²) < 4.78 is 3.07. The van der Waals surface area contributed by atoms with Crippen molar-refractivity contribution in [2.24, 2.45) is 0 Å². The van der Waals surface area contributed by atoms with E-state index in [1.807, 2.05) is 10.7 Å². The molecular formula is C17H15BrN4. The van der Waals surface area contributed by atoms with E-state index < -0.39 is 0 Å². The van der Waals surface area contributed by atoms with Gasteiger partial charge in [0.1, 0.15) is 6.33 Å². The third-order valence-electron chi connectivity index (χ3n) is 4.09. The molecule has 1 N–H and O–H groups in total. The molecule has 4 nitrogen and oxygen atoms in total. The summed E-state index contributed by atoms with van der Waals surface area (Å²) in [6.07, 6.45) is 2.56. The highest BCUT2D eigenvalue weighted by Crippen LogP contribution is 2.37. The van der Waals surface area contributed by atoms with Gasteiger partial charge in [0, 0.05) is 4.47 Å². The minimum Gasteiger partial charge on any atom is -0.348 e. The van der Waals surface area contributed by atoms with E-state index in [1.54, 1.807) is 6.33 Å². The van der Waals surface area contributed by atoms with Gasteiger partial charge in [0.25, 0.3) is 0 Å². The van der Waals surface area contributed by atoms with E-state index in [1.165, 1.54) is 11.1 Å². The van der Waals surface area contributed by atoms with E-state index in [2.05, 4.69) is 79.9 Å². The summed E-state index contributed by atoms with van der Waals surface area (Å²) in [7, 11) is 0. The van der Waals surface area contributed by atoms with E-state index >= 15 is 0 Å². The first kappa shape index (κ1) is 13.5. The average Bonchev–Trinajstić information content (AvgIpc) is 3.04. The van der Waals surface area contributed by atoms with Gasteiger partial charge < -0.3 is 5.32 Å². The van der Waals surface area contributed by atoms with Gasteiger partial charge in [-0.05, 0) is 29.7 Å². The molecule has 2 unspecified atom stereocenters. The third kappa shape index (κ3) is 2.41. The van der Waals surface area contributed by atoms with Crippen molar-refractivity contribution in [2.75, 3.05) is 5.32 Å². The van der Waals surface area contributed by atoms with E-state index in [0.29, 0.717) is 0 Å². The Bertz CT molecular complexity index is 767. The van der Waals surface area contributed by atoms with Crippen LogP contribution in [-0.4, -0.2) is 14.8 Å². The molecule has 2 atom stereocenters. The molecule has 0 fully saturated rings. The van der Waals surface area contributed by atoms with Gasteiger partial charge in [-0.2, -0.15) is 10.1 Å². The van der Waals surface area contributed by atoms with Crippen LogP contribution >= 0.6 is 15.9 Å². The number of hydrogen-bond donors (Lipinski definition) is 1. The summed E-state index contributed by atoms with van der Waals surface area (Å²) in [4.78, 5) is 4.36. The van der Waals surface area contributed by atoms with Gasteiger partial charge in [-0.1, -0.05) is 58.4 Å². The van der Waals surface area contributed by atoms with Gasteiger partial charge in [0.2, 0.25) is 5.95 Å². The molecule has 22 heavy (non-hydrogen) atoms. The highest BCUT2D eigenvalue weighted by molar-refractivity contribution is 9.10. The Kier molecular flexibility index (Phi) is 3.42. The summed E-state index contributed by atoms with van der Waals surface area (Å²) in [5.74, 6) is 0.827. The minimum absolute atomic E-state index is 0.202. The normalized spacial score (nSPS) is 20.2.